The second-order valence-corrected chi connectivity index (χ2v) is 2.73. The van der Waals surface area contributed by atoms with Gasteiger partial charge in [0.2, 0.25) is 0 Å². The Labute approximate surface area is 110 Å². The zero-order chi connectivity index (χ0) is 9.78. The molecule has 2 aromatic carbocycles. The molecule has 0 nitrogen and oxygen atoms in total. The summed E-state index contributed by atoms with van der Waals surface area (Å²) >= 11 is 5.00. The van der Waals surface area contributed by atoms with Crippen LogP contribution in [0.25, 0.3) is 0 Å². The van der Waals surface area contributed by atoms with Gasteiger partial charge < -0.3 is 0 Å². The molecule has 2 heteroatoms. The van der Waals surface area contributed by atoms with Gasteiger partial charge in [-0.05, 0) is 0 Å². The molecule has 0 amide bonds. The molecule has 0 saturated heterocycles. The van der Waals surface area contributed by atoms with Crippen molar-refractivity contribution in [3.05, 3.63) is 60.7 Å². The molecule has 76 valence electrons. The summed E-state index contributed by atoms with van der Waals surface area (Å²) in [6.45, 7) is 1.89. The van der Waals surface area contributed by atoms with Crippen LogP contribution in [0.1, 0.15) is 6.92 Å². The Morgan fingerprint density at radius 2 is 1.07 bits per heavy atom. The number of halogens is 1. The van der Waals surface area contributed by atoms with Crippen molar-refractivity contribution in [1.82, 2.24) is 0 Å². The van der Waals surface area contributed by atoms with Crippen molar-refractivity contribution in [3.8, 4) is 0 Å². The first kappa shape index (κ1) is 16.3. The van der Waals surface area contributed by atoms with Crippen molar-refractivity contribution in [3.63, 3.8) is 0 Å². The van der Waals surface area contributed by atoms with Gasteiger partial charge in [0.15, 0.2) is 0 Å². The maximum Gasteiger partial charge on any atom is 0.0195 e. The van der Waals surface area contributed by atoms with Gasteiger partial charge >= 0.3 is 0 Å². The van der Waals surface area contributed by atoms with Gasteiger partial charge in [-0.15, -0.1) is 11.6 Å². The second-order valence-electron chi connectivity index (χ2n) is 2.19. The first-order valence-electron chi connectivity index (χ1n) is 4.31. The first-order valence-corrected chi connectivity index (χ1v) is 4.84. The quantitative estimate of drug-likeness (QED) is 0.371. The van der Waals surface area contributed by atoms with Crippen LogP contribution in [0.5, 0.6) is 0 Å². The fraction of sp³-hybridized carbons (Fsp3) is 0.167. The normalized spacial score (nSPS) is 7.00. The Morgan fingerprint density at radius 1 is 0.857 bits per heavy atom. The van der Waals surface area contributed by atoms with Gasteiger partial charge in [0.25, 0.3) is 0 Å². The molecule has 0 bridgehead atoms. The summed E-state index contributed by atoms with van der Waals surface area (Å²) in [4.78, 5) is 0. The molecule has 0 N–H and O–H groups in total. The van der Waals surface area contributed by atoms with E-state index in [-0.39, 0.29) is 25.8 Å². The van der Waals surface area contributed by atoms with Gasteiger partial charge in [0.1, 0.15) is 0 Å². The predicted molar refractivity (Wildman–Crippen MR) is 60.5 cm³/mol. The molecule has 2 rings (SSSR count). The van der Waals surface area contributed by atoms with E-state index in [2.05, 4.69) is 0 Å². The number of hydrogen-bond donors (Lipinski definition) is 0. The first-order chi connectivity index (χ1) is 6.41. The van der Waals surface area contributed by atoms with Crippen LogP contribution in [0.2, 0.25) is 0 Å². The third kappa shape index (κ3) is 14.4. The van der Waals surface area contributed by atoms with Crippen LogP contribution in [0.3, 0.4) is 0 Å². The van der Waals surface area contributed by atoms with Crippen molar-refractivity contribution in [2.24, 2.45) is 0 Å². The van der Waals surface area contributed by atoms with Crippen LogP contribution in [0, 0.1) is 0 Å². The van der Waals surface area contributed by atoms with Crippen molar-refractivity contribution >= 4 is 11.6 Å². The molecule has 0 aromatic heterocycles. The number of alkyl halides is 1. The maximum atomic E-state index is 5.00. The Kier molecular flexibility index (Phi) is 17.9. The summed E-state index contributed by atoms with van der Waals surface area (Å²) in [6.07, 6.45) is 0. The van der Waals surface area contributed by atoms with Crippen molar-refractivity contribution in [2.45, 2.75) is 6.92 Å². The largest absolute Gasteiger partial charge is 0.214 e. The van der Waals surface area contributed by atoms with Gasteiger partial charge in [-0.2, -0.15) is 36.4 Å². The minimum absolute atomic E-state index is 0. The van der Waals surface area contributed by atoms with E-state index in [0.29, 0.717) is 0 Å². The van der Waals surface area contributed by atoms with E-state index in [1.165, 1.54) is 0 Å². The topological polar surface area (TPSA) is 0 Å². The molecular formula is C12H15ClHf-2. The summed E-state index contributed by atoms with van der Waals surface area (Å²) in [7, 11) is 0. The van der Waals surface area contributed by atoms with Crippen LogP contribution < -0.4 is 0 Å². The molecule has 0 aliphatic heterocycles. The fourth-order valence-corrected chi connectivity index (χ4v) is 0.642. The summed E-state index contributed by atoms with van der Waals surface area (Å²) in [5, 5.41) is 0. The van der Waals surface area contributed by atoms with E-state index in [1.807, 2.05) is 67.6 Å². The molecule has 0 unspecified atom stereocenters. The molecule has 0 radical (unpaired) electrons. The smallest absolute Gasteiger partial charge is 0.0195 e. The van der Waals surface area contributed by atoms with Gasteiger partial charge in [-0.25, -0.2) is 24.3 Å². The average molecular weight is 373 g/mol. The summed E-state index contributed by atoms with van der Waals surface area (Å²) in [6, 6.07) is 20.0. The van der Waals surface area contributed by atoms with Crippen LogP contribution in [-0.4, -0.2) is 5.88 Å². The van der Waals surface area contributed by atoms with Crippen molar-refractivity contribution in [1.29, 1.82) is 0 Å². The molecule has 2 aromatic rings. The fourth-order valence-electron chi connectivity index (χ4n) is 0.642. The molecule has 0 aliphatic rings. The van der Waals surface area contributed by atoms with E-state index in [0.717, 1.165) is 5.88 Å². The summed E-state index contributed by atoms with van der Waals surface area (Å²) < 4.78 is 0. The minimum atomic E-state index is 0. The third-order valence-corrected chi connectivity index (χ3v) is 1.11. The van der Waals surface area contributed by atoms with Crippen LogP contribution >= 0.6 is 11.6 Å². The monoisotopic (exact) mass is 374 g/mol. The van der Waals surface area contributed by atoms with Gasteiger partial charge in [0.05, 0.1) is 0 Å². The SMILES string of the molecule is CCCl.[Hf].c1cc[cH-]c1.c1cc[cH-]c1. The minimum Gasteiger partial charge on any atom is -0.214 e. The molecule has 0 spiro atoms. The Balaban J connectivity index is 0. The van der Waals surface area contributed by atoms with Crippen molar-refractivity contribution in [2.75, 3.05) is 5.88 Å². The Bertz CT molecular complexity index is 162. The molecule has 0 heterocycles. The molecule has 0 aliphatic carbocycles. The Hall–Kier alpha value is -0.140. The molecular weight excluding hydrogens is 358 g/mol. The van der Waals surface area contributed by atoms with E-state index in [4.69, 9.17) is 11.6 Å². The van der Waals surface area contributed by atoms with Gasteiger partial charge in [-0.1, -0.05) is 6.92 Å². The summed E-state index contributed by atoms with van der Waals surface area (Å²) in [5.74, 6) is 0.722. The standard InChI is InChI=1S/2C5H5.C2H5Cl.Hf/c2*1-2-4-5-3-1;1-2-3;/h2*1-5H;2H2,1H3;/q2*-1;;. The van der Waals surface area contributed by atoms with Crippen LogP contribution in [0.4, 0.5) is 0 Å². The number of rotatable bonds is 0. The van der Waals surface area contributed by atoms with E-state index in [1.54, 1.807) is 0 Å². The molecule has 0 saturated carbocycles. The van der Waals surface area contributed by atoms with Crippen LogP contribution in [0.15, 0.2) is 60.7 Å². The van der Waals surface area contributed by atoms with Crippen molar-refractivity contribution < 1.29 is 25.8 Å². The maximum absolute atomic E-state index is 5.00. The predicted octanol–water partition coefficient (Wildman–Crippen LogP) is 4.05. The number of hydrogen-bond acceptors (Lipinski definition) is 0. The second kappa shape index (κ2) is 15.3. The summed E-state index contributed by atoms with van der Waals surface area (Å²) in [5.41, 5.74) is 0. The average Bonchev–Trinajstić information content (AvgIpc) is 2.85. The molecule has 0 atom stereocenters. The zero-order valence-corrected chi connectivity index (χ0v) is 12.7. The van der Waals surface area contributed by atoms with E-state index < -0.39 is 0 Å². The van der Waals surface area contributed by atoms with Gasteiger partial charge in [-0.3, -0.25) is 0 Å². The van der Waals surface area contributed by atoms with Crippen LogP contribution in [-0.2, 0) is 25.8 Å². The molecule has 0 fully saturated rings. The zero-order valence-electron chi connectivity index (χ0n) is 8.36. The van der Waals surface area contributed by atoms with E-state index >= 15 is 0 Å². The molecule has 14 heavy (non-hydrogen) atoms. The third-order valence-electron chi connectivity index (χ3n) is 1.11. The van der Waals surface area contributed by atoms with Gasteiger partial charge in [0, 0.05) is 31.7 Å². The Morgan fingerprint density at radius 3 is 1.14 bits per heavy atom. The van der Waals surface area contributed by atoms with E-state index in [9.17, 15) is 0 Å².